The van der Waals surface area contributed by atoms with Gasteiger partial charge >= 0.3 is 0 Å². The molecular formula is C17H17BrFN. The van der Waals surface area contributed by atoms with Crippen LogP contribution in [0.2, 0.25) is 0 Å². The molecule has 20 heavy (non-hydrogen) atoms. The van der Waals surface area contributed by atoms with Crippen LogP contribution in [-0.2, 0) is 25.9 Å². The maximum absolute atomic E-state index is 13.6. The van der Waals surface area contributed by atoms with Gasteiger partial charge in [0.15, 0.2) is 0 Å². The molecular weight excluding hydrogens is 317 g/mol. The minimum absolute atomic E-state index is 0.158. The van der Waals surface area contributed by atoms with Gasteiger partial charge in [-0.2, -0.15) is 0 Å². The molecule has 1 aliphatic carbocycles. The van der Waals surface area contributed by atoms with Gasteiger partial charge in [-0.05, 0) is 54.2 Å². The molecule has 3 rings (SSSR count). The van der Waals surface area contributed by atoms with Crippen molar-refractivity contribution in [2.24, 2.45) is 0 Å². The highest BCUT2D eigenvalue weighted by atomic mass is 79.9. The van der Waals surface area contributed by atoms with Crippen molar-refractivity contribution in [2.45, 2.75) is 32.4 Å². The van der Waals surface area contributed by atoms with Gasteiger partial charge < -0.3 is 5.32 Å². The van der Waals surface area contributed by atoms with E-state index in [9.17, 15) is 4.39 Å². The first-order valence-corrected chi connectivity index (χ1v) is 7.77. The summed E-state index contributed by atoms with van der Waals surface area (Å²) in [6.45, 7) is 1.32. The summed E-state index contributed by atoms with van der Waals surface area (Å²) in [5, 5.41) is 3.32. The average molecular weight is 334 g/mol. The first-order chi connectivity index (χ1) is 9.72. The Morgan fingerprint density at radius 1 is 1.00 bits per heavy atom. The largest absolute Gasteiger partial charge is 0.309 e. The van der Waals surface area contributed by atoms with Crippen molar-refractivity contribution >= 4 is 15.9 Å². The second kappa shape index (κ2) is 6.06. The monoisotopic (exact) mass is 333 g/mol. The summed E-state index contributed by atoms with van der Waals surface area (Å²) < 4.78 is 14.5. The summed E-state index contributed by atoms with van der Waals surface area (Å²) in [4.78, 5) is 0. The van der Waals surface area contributed by atoms with Crippen LogP contribution in [0.3, 0.4) is 0 Å². The molecule has 0 fully saturated rings. The van der Waals surface area contributed by atoms with E-state index in [2.05, 4.69) is 39.4 Å². The average Bonchev–Trinajstić information content (AvgIpc) is 2.90. The van der Waals surface area contributed by atoms with Crippen LogP contribution in [0.1, 0.15) is 28.7 Å². The normalized spacial score (nSPS) is 13.5. The van der Waals surface area contributed by atoms with Gasteiger partial charge in [0.05, 0.1) is 0 Å². The van der Waals surface area contributed by atoms with Crippen molar-refractivity contribution in [3.05, 3.63) is 68.9 Å². The highest BCUT2D eigenvalue weighted by Crippen LogP contribution is 2.23. The molecule has 104 valence electrons. The fraction of sp³-hybridized carbons (Fsp3) is 0.294. The van der Waals surface area contributed by atoms with Gasteiger partial charge in [-0.1, -0.05) is 34.1 Å². The van der Waals surface area contributed by atoms with E-state index >= 15 is 0 Å². The van der Waals surface area contributed by atoms with E-state index in [1.54, 1.807) is 6.07 Å². The Bertz CT molecular complexity index is 624. The zero-order valence-electron chi connectivity index (χ0n) is 11.3. The Morgan fingerprint density at radius 2 is 1.85 bits per heavy atom. The number of aryl methyl sites for hydroxylation is 2. The molecule has 1 N–H and O–H groups in total. The van der Waals surface area contributed by atoms with Gasteiger partial charge in [0.1, 0.15) is 5.82 Å². The van der Waals surface area contributed by atoms with E-state index in [1.165, 1.54) is 42.0 Å². The zero-order valence-corrected chi connectivity index (χ0v) is 12.8. The maximum Gasteiger partial charge on any atom is 0.127 e. The number of rotatable bonds is 4. The van der Waals surface area contributed by atoms with Crippen LogP contribution in [0.25, 0.3) is 0 Å². The topological polar surface area (TPSA) is 12.0 Å². The summed E-state index contributed by atoms with van der Waals surface area (Å²) in [6, 6.07) is 11.7. The molecule has 0 bridgehead atoms. The molecule has 0 saturated carbocycles. The Kier molecular flexibility index (Phi) is 4.18. The summed E-state index contributed by atoms with van der Waals surface area (Å²) >= 11 is 3.37. The predicted octanol–water partition coefficient (Wildman–Crippen LogP) is 4.37. The summed E-state index contributed by atoms with van der Waals surface area (Å²) in [7, 11) is 0. The van der Waals surface area contributed by atoms with Crippen LogP contribution >= 0.6 is 15.9 Å². The van der Waals surface area contributed by atoms with Crippen molar-refractivity contribution in [1.82, 2.24) is 5.32 Å². The summed E-state index contributed by atoms with van der Waals surface area (Å²) in [5.74, 6) is -0.158. The van der Waals surface area contributed by atoms with Gasteiger partial charge in [0, 0.05) is 23.1 Å². The SMILES string of the molecule is Fc1ccc(Br)cc1CNCc1ccc2c(c1)CCC2. The van der Waals surface area contributed by atoms with E-state index in [4.69, 9.17) is 0 Å². The van der Waals surface area contributed by atoms with Gasteiger partial charge in [-0.25, -0.2) is 4.39 Å². The van der Waals surface area contributed by atoms with Crippen molar-refractivity contribution in [3.63, 3.8) is 0 Å². The molecule has 0 heterocycles. The first kappa shape index (κ1) is 13.8. The minimum atomic E-state index is -0.158. The van der Waals surface area contributed by atoms with Crippen molar-refractivity contribution < 1.29 is 4.39 Å². The number of nitrogens with one attached hydrogen (secondary N) is 1. The van der Waals surface area contributed by atoms with Crippen LogP contribution < -0.4 is 5.32 Å². The molecule has 0 radical (unpaired) electrons. The van der Waals surface area contributed by atoms with Gasteiger partial charge in [-0.15, -0.1) is 0 Å². The Labute approximate surface area is 127 Å². The second-order valence-electron chi connectivity index (χ2n) is 5.30. The first-order valence-electron chi connectivity index (χ1n) is 6.98. The molecule has 0 atom stereocenters. The standard InChI is InChI=1S/C17H17BrFN/c18-16-6-7-17(19)15(9-16)11-20-10-12-4-5-13-2-1-3-14(13)8-12/h4-9,20H,1-3,10-11H2. The molecule has 3 heteroatoms. The lowest BCUT2D eigenvalue weighted by atomic mass is 10.1. The molecule has 0 spiro atoms. The third-order valence-electron chi connectivity index (χ3n) is 3.82. The lowest BCUT2D eigenvalue weighted by Crippen LogP contribution is -2.14. The highest BCUT2D eigenvalue weighted by molar-refractivity contribution is 9.10. The van der Waals surface area contributed by atoms with Crippen molar-refractivity contribution in [1.29, 1.82) is 0 Å². The number of hydrogen-bond acceptors (Lipinski definition) is 1. The summed E-state index contributed by atoms with van der Waals surface area (Å²) in [6.07, 6.45) is 3.69. The number of fused-ring (bicyclic) bond motifs is 1. The molecule has 1 aliphatic rings. The van der Waals surface area contributed by atoms with Crippen LogP contribution in [-0.4, -0.2) is 0 Å². The van der Waals surface area contributed by atoms with Gasteiger partial charge in [-0.3, -0.25) is 0 Å². The quantitative estimate of drug-likeness (QED) is 0.876. The molecule has 1 nitrogen and oxygen atoms in total. The molecule has 2 aromatic rings. The van der Waals surface area contributed by atoms with Gasteiger partial charge in [0.2, 0.25) is 0 Å². The van der Waals surface area contributed by atoms with Gasteiger partial charge in [0.25, 0.3) is 0 Å². The van der Waals surface area contributed by atoms with Crippen molar-refractivity contribution in [2.75, 3.05) is 0 Å². The van der Waals surface area contributed by atoms with Crippen LogP contribution in [0.4, 0.5) is 4.39 Å². The number of benzene rings is 2. The molecule has 0 aromatic heterocycles. The number of halogens is 2. The third kappa shape index (κ3) is 3.10. The Hall–Kier alpha value is -1.19. The van der Waals surface area contributed by atoms with E-state index in [0.717, 1.165) is 11.0 Å². The lowest BCUT2D eigenvalue weighted by molar-refractivity contribution is 0.587. The second-order valence-corrected chi connectivity index (χ2v) is 6.21. The zero-order chi connectivity index (χ0) is 13.9. The highest BCUT2D eigenvalue weighted by Gasteiger charge is 2.10. The smallest absolute Gasteiger partial charge is 0.127 e. The van der Waals surface area contributed by atoms with E-state index in [1.807, 2.05) is 6.07 Å². The number of hydrogen-bond donors (Lipinski definition) is 1. The molecule has 0 unspecified atom stereocenters. The molecule has 2 aromatic carbocycles. The fourth-order valence-corrected chi connectivity index (χ4v) is 3.16. The van der Waals surface area contributed by atoms with Crippen molar-refractivity contribution in [3.8, 4) is 0 Å². The third-order valence-corrected chi connectivity index (χ3v) is 4.31. The maximum atomic E-state index is 13.6. The molecule has 0 aliphatic heterocycles. The summed E-state index contributed by atoms with van der Waals surface area (Å²) in [5.41, 5.74) is 4.95. The molecule has 0 amide bonds. The lowest BCUT2D eigenvalue weighted by Gasteiger charge is -2.08. The minimum Gasteiger partial charge on any atom is -0.309 e. The van der Waals surface area contributed by atoms with Crippen LogP contribution in [0.15, 0.2) is 40.9 Å². The van der Waals surface area contributed by atoms with E-state index in [0.29, 0.717) is 12.1 Å². The van der Waals surface area contributed by atoms with E-state index in [-0.39, 0.29) is 5.82 Å². The van der Waals surface area contributed by atoms with Crippen LogP contribution in [0.5, 0.6) is 0 Å². The Morgan fingerprint density at radius 3 is 2.75 bits per heavy atom. The van der Waals surface area contributed by atoms with Crippen LogP contribution in [0, 0.1) is 5.82 Å². The van der Waals surface area contributed by atoms with E-state index < -0.39 is 0 Å². The fourth-order valence-electron chi connectivity index (χ4n) is 2.76. The predicted molar refractivity (Wildman–Crippen MR) is 83.1 cm³/mol. The molecule has 0 saturated heterocycles. The Balaban J connectivity index is 1.61.